The maximum absolute atomic E-state index is 15.6. The molecule has 0 aromatic heterocycles. The molecule has 4 aromatic carbocycles. The Hall–Kier alpha value is -3.58. The van der Waals surface area contributed by atoms with Crippen molar-refractivity contribution < 1.29 is 4.79 Å². The fourth-order valence-corrected chi connectivity index (χ4v) is 8.53. The lowest BCUT2D eigenvalue weighted by molar-refractivity contribution is -0.107. The molecule has 3 heteroatoms. The smallest absolute Gasteiger partial charge is 0.295 e. The van der Waals surface area contributed by atoms with Gasteiger partial charge in [0, 0.05) is 5.57 Å². The van der Waals surface area contributed by atoms with Crippen LogP contribution in [0.4, 0.5) is 0 Å². The number of carbonyl (C=O) groups excluding carboxylic acids is 1. The van der Waals surface area contributed by atoms with Gasteiger partial charge in [-0.15, -0.1) is 0 Å². The third-order valence-corrected chi connectivity index (χ3v) is 11.1. The molecule has 0 N–H and O–H groups in total. The van der Waals surface area contributed by atoms with Crippen molar-refractivity contribution in [2.24, 2.45) is 0 Å². The summed E-state index contributed by atoms with van der Waals surface area (Å²) in [7, 11) is 0. The summed E-state index contributed by atoms with van der Waals surface area (Å²) in [4.78, 5) is 15.6. The molecule has 0 bridgehead atoms. The van der Waals surface area contributed by atoms with Crippen LogP contribution in [0, 0.1) is 0 Å². The van der Waals surface area contributed by atoms with Crippen LogP contribution >= 0.6 is 0 Å². The minimum absolute atomic E-state index is 0.00992. The third-order valence-electron chi connectivity index (χ3n) is 11.1. The van der Waals surface area contributed by atoms with Gasteiger partial charge in [-0.1, -0.05) is 183 Å². The van der Waals surface area contributed by atoms with Gasteiger partial charge < -0.3 is 4.79 Å². The highest BCUT2D eigenvalue weighted by Crippen LogP contribution is 2.40. The van der Waals surface area contributed by atoms with Crippen LogP contribution in [0.1, 0.15) is 163 Å². The van der Waals surface area contributed by atoms with Crippen LogP contribution in [0.5, 0.6) is 0 Å². The Balaban J connectivity index is 1.71. The topological polar surface area (TPSA) is 17.1 Å². The van der Waals surface area contributed by atoms with Crippen molar-refractivity contribution >= 4 is 52.0 Å². The number of hydrogen-bond donors (Lipinski definition) is 0. The maximum atomic E-state index is 15.6. The van der Waals surface area contributed by atoms with Crippen LogP contribution in [0.25, 0.3) is 11.0 Å². The fraction of sp³-hybridized carbons (Fsp3) is 0.400. The van der Waals surface area contributed by atoms with Gasteiger partial charge >= 0.3 is 0 Å². The Kier molecular flexibility index (Phi) is 9.31. The Morgan fingerprint density at radius 3 is 1.19 bits per heavy atom. The molecule has 6 rings (SSSR count). The molecule has 0 saturated heterocycles. The average Bonchev–Trinajstić information content (AvgIpc) is 3.39. The van der Waals surface area contributed by atoms with Gasteiger partial charge in [-0.25, -0.2) is 0 Å². The summed E-state index contributed by atoms with van der Waals surface area (Å²) in [5, 5.41) is 0. The lowest BCUT2D eigenvalue weighted by Gasteiger charge is -2.32. The van der Waals surface area contributed by atoms with Gasteiger partial charge in [0.05, 0.1) is 0 Å². The van der Waals surface area contributed by atoms with Gasteiger partial charge in [-0.3, -0.25) is 0 Å². The molecule has 48 heavy (non-hydrogen) atoms. The molecule has 2 heterocycles. The number of carbonyl (C=O) groups is 1. The molecule has 0 amide bonds. The van der Waals surface area contributed by atoms with Gasteiger partial charge in [0.15, 0.2) is 0 Å². The highest BCUT2D eigenvalue weighted by molar-refractivity contribution is 7.18. The lowest BCUT2D eigenvalue weighted by atomic mass is 9.28. The molecule has 1 nitrogen and oxygen atoms in total. The van der Waals surface area contributed by atoms with E-state index < -0.39 is 0 Å². The van der Waals surface area contributed by atoms with E-state index in [0.717, 1.165) is 16.6 Å². The summed E-state index contributed by atoms with van der Waals surface area (Å²) in [6.45, 7) is 27.3. The van der Waals surface area contributed by atoms with Crippen molar-refractivity contribution in [2.75, 3.05) is 0 Å². The second kappa shape index (κ2) is 13.0. The summed E-state index contributed by atoms with van der Waals surface area (Å²) in [6, 6.07) is 27.4. The molecule has 0 spiro atoms. The molecule has 0 fully saturated rings. The average molecular weight is 633 g/mol. The van der Waals surface area contributed by atoms with Crippen LogP contribution in [0.2, 0.25) is 0 Å². The summed E-state index contributed by atoms with van der Waals surface area (Å²) in [5.41, 5.74) is 18.1. The molecule has 0 aliphatic carbocycles. The van der Waals surface area contributed by atoms with Crippen molar-refractivity contribution in [3.8, 4) is 0 Å². The van der Waals surface area contributed by atoms with Crippen molar-refractivity contribution in [1.82, 2.24) is 0 Å². The Bertz CT molecular complexity index is 1860. The Morgan fingerprint density at radius 1 is 0.438 bits per heavy atom. The van der Waals surface area contributed by atoms with Gasteiger partial charge in [0.2, 0.25) is 6.71 Å². The van der Waals surface area contributed by atoms with Crippen molar-refractivity contribution in [2.45, 2.75) is 119 Å². The van der Waals surface area contributed by atoms with Crippen LogP contribution in [-0.4, -0.2) is 19.1 Å². The molecule has 246 valence electrons. The van der Waals surface area contributed by atoms with Crippen molar-refractivity contribution in [3.05, 3.63) is 117 Å². The standard InChI is InChI=1S/C45H54B2O/c1-25(2)31-21-35(27(5)6)42(36(22-31)28(7)8)46-39-19-15-13-17-33(39)41-44(46)34-18-14-16-20-40(34)47(45(41)48)43-37(29(9)10)23-32(26(3)4)24-38(43)30(11)12/h13-30H,1-12H3. The normalized spacial score (nSPS) is 14.4. The molecule has 0 saturated carbocycles. The zero-order valence-electron chi connectivity index (χ0n) is 31.5. The first-order chi connectivity index (χ1) is 22.7. The van der Waals surface area contributed by atoms with Crippen molar-refractivity contribution in [1.29, 1.82) is 0 Å². The van der Waals surface area contributed by atoms with E-state index in [1.807, 2.05) is 0 Å². The van der Waals surface area contributed by atoms with Crippen LogP contribution < -0.4 is 21.9 Å². The number of hydrogen-bond acceptors (Lipinski definition) is 1. The van der Waals surface area contributed by atoms with Crippen LogP contribution in [0.15, 0.2) is 72.8 Å². The van der Waals surface area contributed by atoms with Gasteiger partial charge in [-0.05, 0) is 80.0 Å². The molecule has 4 aromatic rings. The molecule has 0 radical (unpaired) electrons. The SMILES string of the molecule is CC(C)c1cc(C(C)C)c(B2C(=O)C3=C(B(c4c(C(C)C)cc(C(C)C)cc4C(C)C)c4ccccc43)c3ccccc32)c(C(C)C)c1. The second-order valence-corrected chi connectivity index (χ2v) is 16.3. The van der Waals surface area contributed by atoms with Crippen LogP contribution in [0.3, 0.4) is 0 Å². The predicted molar refractivity (Wildman–Crippen MR) is 212 cm³/mol. The van der Waals surface area contributed by atoms with E-state index in [0.29, 0.717) is 35.5 Å². The maximum Gasteiger partial charge on any atom is 0.295 e. The minimum atomic E-state index is -0.333. The second-order valence-electron chi connectivity index (χ2n) is 16.3. The molecular formula is C45H54B2O. The van der Waals surface area contributed by atoms with Gasteiger partial charge in [0.1, 0.15) is 5.68 Å². The largest absolute Gasteiger partial charge is 0.305 e. The number of fused-ring (bicyclic) bond motifs is 4. The third kappa shape index (κ3) is 5.56. The number of benzene rings is 4. The van der Waals surface area contributed by atoms with E-state index >= 15 is 4.79 Å². The van der Waals surface area contributed by atoms with E-state index in [2.05, 4.69) is 156 Å². The highest BCUT2D eigenvalue weighted by Gasteiger charge is 2.49. The monoisotopic (exact) mass is 632 g/mol. The van der Waals surface area contributed by atoms with E-state index in [1.54, 1.807) is 0 Å². The summed E-state index contributed by atoms with van der Waals surface area (Å²) >= 11 is 0. The lowest BCUT2D eigenvalue weighted by Crippen LogP contribution is -2.56. The molecule has 0 unspecified atom stereocenters. The minimum Gasteiger partial charge on any atom is -0.305 e. The van der Waals surface area contributed by atoms with Gasteiger partial charge in [0.25, 0.3) is 6.71 Å². The molecule has 0 atom stereocenters. The number of allylic oxidation sites excluding steroid dienone is 1. The molecular weight excluding hydrogens is 578 g/mol. The molecule has 2 aliphatic heterocycles. The quantitative estimate of drug-likeness (QED) is 0.177. The van der Waals surface area contributed by atoms with Crippen LogP contribution in [-0.2, 0) is 4.79 Å². The van der Waals surface area contributed by atoms with E-state index in [9.17, 15) is 0 Å². The zero-order valence-corrected chi connectivity index (χ0v) is 31.5. The zero-order chi connectivity index (χ0) is 34.8. The first kappa shape index (κ1) is 34.3. The van der Waals surface area contributed by atoms with Gasteiger partial charge in [-0.2, -0.15) is 0 Å². The summed E-state index contributed by atoms with van der Waals surface area (Å²) in [5.74, 6) is 2.19. The van der Waals surface area contributed by atoms with E-state index in [4.69, 9.17) is 0 Å². The predicted octanol–water partition coefficient (Wildman–Crippen LogP) is 9.23. The van der Waals surface area contributed by atoms with E-state index in [1.165, 1.54) is 60.8 Å². The van der Waals surface area contributed by atoms with E-state index in [-0.39, 0.29) is 19.1 Å². The Labute approximate surface area is 291 Å². The summed E-state index contributed by atoms with van der Waals surface area (Å²) < 4.78 is 0. The highest BCUT2D eigenvalue weighted by atomic mass is 16.1. The van der Waals surface area contributed by atoms with Crippen molar-refractivity contribution in [3.63, 3.8) is 0 Å². The first-order valence-electron chi connectivity index (χ1n) is 18.6. The Morgan fingerprint density at radius 2 is 0.792 bits per heavy atom. The summed E-state index contributed by atoms with van der Waals surface area (Å²) in [6.07, 6.45) is 0. The molecule has 2 aliphatic rings. The first-order valence-corrected chi connectivity index (χ1v) is 18.6. The number of rotatable bonds is 8. The fourth-order valence-electron chi connectivity index (χ4n) is 8.53.